The first-order valence-electron chi connectivity index (χ1n) is 3.63. The van der Waals surface area contributed by atoms with Crippen LogP contribution in [0.15, 0.2) is 34.9 Å². The SMILES string of the molecule is O=C(O)C=CC1C=CC(Br)=CC1. The molecule has 1 unspecified atom stereocenters. The van der Waals surface area contributed by atoms with Gasteiger partial charge >= 0.3 is 5.97 Å². The van der Waals surface area contributed by atoms with E-state index in [1.54, 1.807) is 6.08 Å². The molecule has 3 heteroatoms. The average Bonchev–Trinajstić information content (AvgIpc) is 2.03. The van der Waals surface area contributed by atoms with Crippen molar-refractivity contribution < 1.29 is 9.90 Å². The first-order valence-corrected chi connectivity index (χ1v) is 4.43. The number of carboxylic acids is 1. The van der Waals surface area contributed by atoms with Gasteiger partial charge < -0.3 is 5.11 Å². The molecule has 1 rings (SSSR count). The molecule has 0 saturated heterocycles. The monoisotopic (exact) mass is 228 g/mol. The number of aliphatic carboxylic acids is 1. The smallest absolute Gasteiger partial charge is 0.327 e. The molecule has 0 aliphatic heterocycles. The molecule has 2 nitrogen and oxygen atoms in total. The molecule has 0 aromatic heterocycles. The third-order valence-electron chi connectivity index (χ3n) is 1.57. The number of carboxylic acid groups (broad SMARTS) is 1. The van der Waals surface area contributed by atoms with Crippen molar-refractivity contribution in [3.8, 4) is 0 Å². The van der Waals surface area contributed by atoms with Gasteiger partial charge in [-0.1, -0.05) is 40.2 Å². The van der Waals surface area contributed by atoms with Crippen molar-refractivity contribution in [2.24, 2.45) is 5.92 Å². The van der Waals surface area contributed by atoms with E-state index in [-0.39, 0.29) is 5.92 Å². The second-order valence-electron chi connectivity index (χ2n) is 2.55. The molecular formula is C9H9BrO2. The maximum Gasteiger partial charge on any atom is 0.327 e. The highest BCUT2D eigenvalue weighted by atomic mass is 79.9. The third kappa shape index (κ3) is 3.05. The van der Waals surface area contributed by atoms with E-state index in [9.17, 15) is 4.79 Å². The van der Waals surface area contributed by atoms with Crippen LogP contribution in [0, 0.1) is 5.92 Å². The molecule has 0 spiro atoms. The van der Waals surface area contributed by atoms with E-state index in [0.717, 1.165) is 10.9 Å². The van der Waals surface area contributed by atoms with E-state index in [1.165, 1.54) is 6.08 Å². The summed E-state index contributed by atoms with van der Waals surface area (Å²) in [4.78, 5) is 10.2. The summed E-state index contributed by atoms with van der Waals surface area (Å²) in [5, 5.41) is 8.36. The van der Waals surface area contributed by atoms with Crippen molar-refractivity contribution in [2.45, 2.75) is 6.42 Å². The van der Waals surface area contributed by atoms with Crippen molar-refractivity contribution in [2.75, 3.05) is 0 Å². The Bertz CT molecular complexity index is 264. The Labute approximate surface area is 79.4 Å². The summed E-state index contributed by atoms with van der Waals surface area (Å²) in [5.74, 6) is -0.667. The molecule has 1 aliphatic rings. The number of rotatable bonds is 2. The number of halogens is 1. The van der Waals surface area contributed by atoms with E-state index >= 15 is 0 Å². The highest BCUT2D eigenvalue weighted by molar-refractivity contribution is 9.11. The lowest BCUT2D eigenvalue weighted by Crippen LogP contribution is -1.96. The van der Waals surface area contributed by atoms with Gasteiger partial charge in [-0.3, -0.25) is 0 Å². The lowest BCUT2D eigenvalue weighted by atomic mass is 10.0. The molecule has 0 saturated carbocycles. The van der Waals surface area contributed by atoms with Crippen LogP contribution in [0.25, 0.3) is 0 Å². The molecule has 0 bridgehead atoms. The zero-order valence-corrected chi connectivity index (χ0v) is 7.99. The number of carbonyl (C=O) groups is 1. The van der Waals surface area contributed by atoms with Crippen LogP contribution in [0.3, 0.4) is 0 Å². The van der Waals surface area contributed by atoms with E-state index in [4.69, 9.17) is 5.11 Å². The maximum atomic E-state index is 10.2. The van der Waals surface area contributed by atoms with Gasteiger partial charge in [0.15, 0.2) is 0 Å². The summed E-state index contributed by atoms with van der Waals surface area (Å²) in [7, 11) is 0. The summed E-state index contributed by atoms with van der Waals surface area (Å²) >= 11 is 3.33. The van der Waals surface area contributed by atoms with Gasteiger partial charge in [0.25, 0.3) is 0 Å². The lowest BCUT2D eigenvalue weighted by molar-refractivity contribution is -0.131. The highest BCUT2D eigenvalue weighted by Gasteiger charge is 2.03. The number of allylic oxidation sites excluding steroid dienone is 5. The van der Waals surface area contributed by atoms with Crippen molar-refractivity contribution >= 4 is 21.9 Å². The molecule has 0 aromatic carbocycles. The largest absolute Gasteiger partial charge is 0.478 e. The van der Waals surface area contributed by atoms with Gasteiger partial charge in [-0.05, 0) is 12.3 Å². The van der Waals surface area contributed by atoms with Gasteiger partial charge in [0.2, 0.25) is 0 Å². The predicted molar refractivity (Wildman–Crippen MR) is 51.0 cm³/mol. The minimum absolute atomic E-state index is 0.224. The van der Waals surface area contributed by atoms with Crippen LogP contribution < -0.4 is 0 Å². The van der Waals surface area contributed by atoms with Gasteiger partial charge in [0, 0.05) is 10.6 Å². The minimum Gasteiger partial charge on any atom is -0.478 e. The van der Waals surface area contributed by atoms with Crippen LogP contribution >= 0.6 is 15.9 Å². The minimum atomic E-state index is -0.892. The van der Waals surface area contributed by atoms with E-state index in [2.05, 4.69) is 15.9 Å². The fourth-order valence-electron chi connectivity index (χ4n) is 0.959. The summed E-state index contributed by atoms with van der Waals surface area (Å²) in [6, 6.07) is 0. The molecule has 0 radical (unpaired) electrons. The Morgan fingerprint density at radius 3 is 3.00 bits per heavy atom. The highest BCUT2D eigenvalue weighted by Crippen LogP contribution is 2.20. The van der Waals surface area contributed by atoms with Crippen LogP contribution in [-0.2, 0) is 4.79 Å². The van der Waals surface area contributed by atoms with Gasteiger partial charge in [0.05, 0.1) is 0 Å². The van der Waals surface area contributed by atoms with Crippen molar-refractivity contribution in [1.82, 2.24) is 0 Å². The van der Waals surface area contributed by atoms with Crippen LogP contribution in [0.1, 0.15) is 6.42 Å². The topological polar surface area (TPSA) is 37.3 Å². The standard InChI is InChI=1S/C9H9BrO2/c10-8-4-1-7(2-5-8)3-6-9(11)12/h1,3-7H,2H2,(H,11,12). The fraction of sp³-hybridized carbons (Fsp3) is 0.222. The first kappa shape index (κ1) is 9.26. The molecule has 0 amide bonds. The lowest BCUT2D eigenvalue weighted by Gasteiger charge is -2.08. The molecule has 1 atom stereocenters. The van der Waals surface area contributed by atoms with Crippen molar-refractivity contribution in [1.29, 1.82) is 0 Å². The van der Waals surface area contributed by atoms with E-state index in [1.807, 2.05) is 18.2 Å². The van der Waals surface area contributed by atoms with Crippen LogP contribution in [-0.4, -0.2) is 11.1 Å². The van der Waals surface area contributed by atoms with Crippen LogP contribution in [0.2, 0.25) is 0 Å². The quantitative estimate of drug-likeness (QED) is 0.738. The van der Waals surface area contributed by atoms with Crippen LogP contribution in [0.4, 0.5) is 0 Å². The first-order chi connectivity index (χ1) is 5.68. The Hall–Kier alpha value is -0.830. The summed E-state index contributed by atoms with van der Waals surface area (Å²) in [6.45, 7) is 0. The third-order valence-corrected chi connectivity index (χ3v) is 2.16. The summed E-state index contributed by atoms with van der Waals surface area (Å²) in [6.07, 6.45) is 9.67. The predicted octanol–water partition coefficient (Wildman–Crippen LogP) is 2.48. The van der Waals surface area contributed by atoms with E-state index < -0.39 is 5.97 Å². The molecule has 1 N–H and O–H groups in total. The Morgan fingerprint density at radius 2 is 2.50 bits per heavy atom. The number of hydrogen-bond donors (Lipinski definition) is 1. The zero-order valence-electron chi connectivity index (χ0n) is 6.40. The van der Waals surface area contributed by atoms with E-state index in [0.29, 0.717) is 0 Å². The van der Waals surface area contributed by atoms with Gasteiger partial charge in [0.1, 0.15) is 0 Å². The Balaban J connectivity index is 2.49. The Kier molecular flexibility index (Phi) is 3.29. The molecule has 0 aromatic rings. The second kappa shape index (κ2) is 4.26. The summed E-state index contributed by atoms with van der Waals surface area (Å²) in [5.41, 5.74) is 0. The molecule has 0 fully saturated rings. The van der Waals surface area contributed by atoms with Crippen LogP contribution in [0.5, 0.6) is 0 Å². The summed E-state index contributed by atoms with van der Waals surface area (Å²) < 4.78 is 1.06. The average molecular weight is 229 g/mol. The molecule has 12 heavy (non-hydrogen) atoms. The molecule has 1 aliphatic carbocycles. The molecule has 64 valence electrons. The normalized spacial score (nSPS) is 22.8. The second-order valence-corrected chi connectivity index (χ2v) is 3.46. The number of hydrogen-bond acceptors (Lipinski definition) is 1. The maximum absolute atomic E-state index is 10.2. The Morgan fingerprint density at radius 1 is 1.75 bits per heavy atom. The van der Waals surface area contributed by atoms with Gasteiger partial charge in [-0.15, -0.1) is 0 Å². The molecule has 0 heterocycles. The van der Waals surface area contributed by atoms with Crippen molar-refractivity contribution in [3.63, 3.8) is 0 Å². The van der Waals surface area contributed by atoms with Gasteiger partial charge in [-0.25, -0.2) is 4.79 Å². The van der Waals surface area contributed by atoms with Crippen molar-refractivity contribution in [3.05, 3.63) is 34.9 Å². The van der Waals surface area contributed by atoms with Gasteiger partial charge in [-0.2, -0.15) is 0 Å². The fourth-order valence-corrected chi connectivity index (χ4v) is 1.30. The molecular weight excluding hydrogens is 220 g/mol. The zero-order chi connectivity index (χ0) is 8.97.